The van der Waals surface area contributed by atoms with Crippen LogP contribution in [0.25, 0.3) is 43.6 Å². The first-order valence-corrected chi connectivity index (χ1v) is 39.6. The molecule has 12 heterocycles. The average Bonchev–Trinajstić information content (AvgIpc) is 0.893. The van der Waals surface area contributed by atoms with Crippen LogP contribution in [0.4, 0.5) is 51.3 Å². The Morgan fingerprint density at radius 2 is 0.847 bits per heavy atom. The number of aromatic amines is 1. The van der Waals surface area contributed by atoms with Gasteiger partial charge in [0.15, 0.2) is 21.9 Å². The normalized spacial score (nSPS) is 14.4. The maximum Gasteiger partial charge on any atom is 0.357 e. The van der Waals surface area contributed by atoms with Crippen molar-refractivity contribution >= 4 is 158 Å². The van der Waals surface area contributed by atoms with Crippen molar-refractivity contribution in [2.45, 2.75) is 20.4 Å². The van der Waals surface area contributed by atoms with E-state index < -0.39 is 64.7 Å². The lowest BCUT2D eigenvalue weighted by atomic mass is 10.1. The Kier molecular flexibility index (Phi) is 24.6. The van der Waals surface area contributed by atoms with Crippen molar-refractivity contribution in [1.29, 1.82) is 0 Å². The molecule has 4 aliphatic heterocycles. The smallest absolute Gasteiger partial charge is 0.357 e. The molecule has 612 valence electrons. The number of nitro groups is 4. The monoisotopic (exact) mass is 1710 g/mol. The molecule has 4 aliphatic rings. The van der Waals surface area contributed by atoms with Gasteiger partial charge in [-0.1, -0.05) is 92.7 Å². The highest BCUT2D eigenvalue weighted by atomic mass is 79.9. The number of hydrogen-bond donors (Lipinski definition) is 2. The van der Waals surface area contributed by atoms with E-state index in [0.29, 0.717) is 199 Å². The Bertz CT molecular complexity index is 6150. The van der Waals surface area contributed by atoms with E-state index in [9.17, 15) is 78.8 Å². The lowest BCUT2D eigenvalue weighted by Gasteiger charge is -2.36. The summed E-state index contributed by atoms with van der Waals surface area (Å²) in [5, 5.41) is 60.9. The Labute approximate surface area is 685 Å². The third-order valence-corrected chi connectivity index (χ3v) is 22.7. The van der Waals surface area contributed by atoms with Crippen LogP contribution in [0.1, 0.15) is 55.1 Å². The zero-order chi connectivity index (χ0) is 84.1. The van der Waals surface area contributed by atoms with Crippen molar-refractivity contribution in [1.82, 2.24) is 56.8 Å². The molecule has 2 N–H and O–H groups in total. The van der Waals surface area contributed by atoms with Crippen LogP contribution in [0.2, 0.25) is 0 Å². The predicted octanol–water partition coefficient (Wildman–Crippen LogP) is 8.79. The number of para-hydroxylation sites is 4. The van der Waals surface area contributed by atoms with Crippen molar-refractivity contribution in [3.8, 4) is 0 Å². The molecular weight excluding hydrogens is 1640 g/mol. The first kappa shape index (κ1) is 82.4. The summed E-state index contributed by atoms with van der Waals surface area (Å²) < 4.78 is 19.3. The molecule has 0 saturated carbocycles. The molecule has 16 rings (SSSR count). The highest BCUT2D eigenvalue weighted by Gasteiger charge is 2.38. The molecule has 38 nitrogen and oxygen atoms in total. The van der Waals surface area contributed by atoms with Crippen LogP contribution >= 0.6 is 39.0 Å². The number of nitrogens with zero attached hydrogens (tertiary/aromatic N) is 19. The molecule has 4 aromatic carbocycles. The second kappa shape index (κ2) is 35.3. The van der Waals surface area contributed by atoms with Gasteiger partial charge in [-0.2, -0.15) is 13.8 Å². The fraction of sp³-hybridized carbons (Fsp3) is 0.312. The Morgan fingerprint density at radius 1 is 0.475 bits per heavy atom. The summed E-state index contributed by atoms with van der Waals surface area (Å²) in [7, 11) is 6.26. The fourth-order valence-electron chi connectivity index (χ4n) is 15.1. The molecule has 4 saturated heterocycles. The average molecular weight is 1710 g/mol. The van der Waals surface area contributed by atoms with Crippen molar-refractivity contribution in [2.24, 2.45) is 27.1 Å². The van der Waals surface area contributed by atoms with Crippen molar-refractivity contribution in [3.05, 3.63) is 248 Å². The minimum Gasteiger partial charge on any atom is -0.444 e. The molecule has 4 fully saturated rings. The zero-order valence-electron chi connectivity index (χ0n) is 64.5. The molecule has 8 aromatic heterocycles. The first-order chi connectivity index (χ1) is 56.7. The molecule has 0 atom stereocenters. The number of nitrogens with one attached hydrogen (secondary N) is 2. The lowest BCUT2D eigenvalue weighted by molar-refractivity contribution is -0.385. The molecular formula is C77H78BrN21O17S2. The summed E-state index contributed by atoms with van der Waals surface area (Å²) in [5.74, 6) is 0.158. The van der Waals surface area contributed by atoms with E-state index in [1.54, 1.807) is 124 Å². The van der Waals surface area contributed by atoms with Gasteiger partial charge in [-0.3, -0.25) is 83.9 Å². The number of halogens is 1. The minimum atomic E-state index is -0.653. The Morgan fingerprint density at radius 3 is 1.20 bits per heavy atom. The van der Waals surface area contributed by atoms with Gasteiger partial charge in [0, 0.05) is 167 Å². The van der Waals surface area contributed by atoms with Gasteiger partial charge >= 0.3 is 45.0 Å². The quantitative estimate of drug-likeness (QED) is 0.0714. The zero-order valence-corrected chi connectivity index (χ0v) is 67.7. The van der Waals surface area contributed by atoms with E-state index in [1.165, 1.54) is 56.9 Å². The first-order valence-electron chi connectivity index (χ1n) is 37.2. The van der Waals surface area contributed by atoms with E-state index in [-0.39, 0.29) is 41.0 Å². The maximum atomic E-state index is 13.2. The molecule has 12 aromatic rings. The number of hydrogen-bond acceptors (Lipinski definition) is 27. The number of benzene rings is 4. The molecule has 0 spiro atoms. The molecule has 0 radical (unpaired) electrons. The summed E-state index contributed by atoms with van der Waals surface area (Å²) >= 11 is 5.54. The third kappa shape index (κ3) is 16.4. The number of aryl methyl sites for hydroxylation is 3. The van der Waals surface area contributed by atoms with Gasteiger partial charge < -0.3 is 67.2 Å². The van der Waals surface area contributed by atoms with Crippen molar-refractivity contribution in [2.75, 3.05) is 137 Å². The van der Waals surface area contributed by atoms with Gasteiger partial charge in [-0.15, -0.1) is 11.3 Å². The number of furan rings is 1. The Hall–Kier alpha value is -13.6. The number of H-pyrrole nitrogens is 1. The number of thiophene rings is 1. The summed E-state index contributed by atoms with van der Waals surface area (Å²) in [5.41, 5.74) is 0.268. The van der Waals surface area contributed by atoms with Gasteiger partial charge in [-0.05, 0) is 75.8 Å². The number of carbonyl (C=O) groups excluding carboxylic acids is 4. The van der Waals surface area contributed by atoms with Gasteiger partial charge in [0.05, 0.1) is 58.4 Å². The molecule has 4 amide bonds. The maximum absolute atomic E-state index is 13.2. The molecule has 0 unspecified atom stereocenters. The van der Waals surface area contributed by atoms with Crippen LogP contribution in [0.5, 0.6) is 0 Å². The fourth-order valence-corrected chi connectivity index (χ4v) is 16.7. The molecule has 41 heteroatoms. The van der Waals surface area contributed by atoms with Crippen LogP contribution in [0, 0.1) is 46.4 Å². The summed E-state index contributed by atoms with van der Waals surface area (Å²) in [6.45, 7) is 10.5. The van der Waals surface area contributed by atoms with Crippen LogP contribution < -0.4 is 47.2 Å². The molecule has 0 aliphatic carbocycles. The predicted molar refractivity (Wildman–Crippen MR) is 448 cm³/mol. The van der Waals surface area contributed by atoms with Gasteiger partial charge in [0.1, 0.15) is 28.4 Å². The number of amides is 4. The second-order valence-corrected chi connectivity index (χ2v) is 30.4. The lowest BCUT2D eigenvalue weighted by Crippen LogP contribution is -2.49. The molecule has 0 bridgehead atoms. The van der Waals surface area contributed by atoms with E-state index in [1.807, 2.05) is 69.2 Å². The van der Waals surface area contributed by atoms with Crippen molar-refractivity contribution in [3.63, 3.8) is 0 Å². The van der Waals surface area contributed by atoms with Gasteiger partial charge in [0.25, 0.3) is 23.6 Å². The summed E-state index contributed by atoms with van der Waals surface area (Å²) in [6.07, 6.45) is 1.51. The van der Waals surface area contributed by atoms with E-state index in [4.69, 9.17) is 4.42 Å². The number of piperazine rings is 4. The number of pyridine rings is 4. The number of rotatable bonds is 15. The van der Waals surface area contributed by atoms with Crippen LogP contribution in [-0.2, 0) is 27.7 Å². The topological polar surface area (TPSA) is 434 Å². The standard InChI is InChI=1S/C22H24N4O4S.C19H17BrN4O5.C18H19N7O4S.C18H18N6O4/c1-15(2)14-25-17-7-4-3-6-16(17)19(20(22(25)28)26(29)30)23-9-11-24(12-10-23)21(27)18-8-5-13-31-18;1-21-13-5-3-2-4-12(13)16(17(19(21)26)24(27)28)22-8-10-23(11-9-22)18(25)14-6-7-15(20)29-14;1-19-16-13(20-30-21-16)17(26)24-9-7-23(8-10-24)14-11-5-3-4-6-12(11)22(2)18(27)15(14)25(28)29;1-21-14-5-3-2-4-12(14)15(16(18(21)26)24(27)28)22-8-10-23(11-9-22)17(25)13-6-7-19-20-13/h3-8,13,15H,9-12,14H2,1-2H3;2-7H,8-11H2,1H3;3-6H,7-10H2,1-2H3,(H,19,21);2-7H,8-11H2,1H3,(H,19,20). The number of anilines is 5. The van der Waals surface area contributed by atoms with Crippen LogP contribution in [0.3, 0.4) is 0 Å². The largest absolute Gasteiger partial charge is 0.444 e. The Balaban J connectivity index is 0.000000136. The van der Waals surface area contributed by atoms with Gasteiger partial charge in [0.2, 0.25) is 0 Å². The SMILES string of the molecule is CC(C)Cn1c(=O)c([N+](=O)[O-])c(N2CCN(C(=O)c3cccs3)CC2)c2ccccc21.CNc1nsnc1C(=O)N1CCN(c2c([N+](=O)[O-])c(=O)n(C)c3ccccc23)CC1.Cn1c(=O)c([N+](=O)[O-])c(N2CCN(C(=O)c3ccc(Br)o3)CC2)c2ccccc21.Cn1c(=O)c([N+](=O)[O-])c(N2CCN(C(=O)c3ccn[nH]3)CC2)c2ccccc21. The summed E-state index contributed by atoms with van der Waals surface area (Å²) in [6, 6.07) is 37.2. The highest BCUT2D eigenvalue weighted by Crippen LogP contribution is 2.39. The van der Waals surface area contributed by atoms with Crippen LogP contribution in [-0.4, -0.2) is 212 Å². The van der Waals surface area contributed by atoms with E-state index in [0.717, 1.165) is 11.7 Å². The second-order valence-electron chi connectivity index (χ2n) is 28.2. The number of aromatic nitrogens is 8. The van der Waals surface area contributed by atoms with Crippen molar-refractivity contribution < 1.29 is 43.3 Å². The molecule has 118 heavy (non-hydrogen) atoms. The minimum absolute atomic E-state index is 0.0265. The van der Waals surface area contributed by atoms with E-state index in [2.05, 4.69) is 40.2 Å². The van der Waals surface area contributed by atoms with Gasteiger partial charge in [-0.25, -0.2) is 0 Å². The van der Waals surface area contributed by atoms with E-state index >= 15 is 0 Å². The van der Waals surface area contributed by atoms with Crippen LogP contribution in [0.15, 0.2) is 167 Å². The summed E-state index contributed by atoms with van der Waals surface area (Å²) in [4.78, 5) is 161. The number of carbonyl (C=O) groups is 4. The number of fused-ring (bicyclic) bond motifs is 4. The third-order valence-electron chi connectivity index (χ3n) is 20.9. The highest BCUT2D eigenvalue weighted by molar-refractivity contribution is 9.10.